The minimum Gasteiger partial charge on any atom is -0.462 e. The summed E-state index contributed by atoms with van der Waals surface area (Å²) in [6, 6.07) is 0. The van der Waals surface area contributed by atoms with Crippen LogP contribution in [-0.2, 0) is 28.5 Å². The van der Waals surface area contributed by atoms with Crippen LogP contribution >= 0.6 is 0 Å². The Morgan fingerprint density at radius 3 is 1.46 bits per heavy atom. The molecule has 1 aliphatic heterocycles. The van der Waals surface area contributed by atoms with E-state index < -0.39 is 55.4 Å². The van der Waals surface area contributed by atoms with E-state index in [0.29, 0.717) is 12.8 Å². The minimum absolute atomic E-state index is 0.177. The van der Waals surface area contributed by atoms with Gasteiger partial charge in [0, 0.05) is 12.8 Å². The first kappa shape index (κ1) is 55.9. The van der Waals surface area contributed by atoms with Gasteiger partial charge in [0.1, 0.15) is 31.0 Å². The summed E-state index contributed by atoms with van der Waals surface area (Å²) in [7, 11) is 0. The van der Waals surface area contributed by atoms with Gasteiger partial charge in [-0.25, -0.2) is 0 Å². The van der Waals surface area contributed by atoms with Crippen molar-refractivity contribution in [2.45, 2.75) is 205 Å². The number of esters is 2. The van der Waals surface area contributed by atoms with Crippen molar-refractivity contribution in [2.24, 2.45) is 0 Å². The Bertz CT molecular complexity index is 1270. The van der Waals surface area contributed by atoms with Gasteiger partial charge in [-0.05, 0) is 89.9 Å². The second-order valence-corrected chi connectivity index (χ2v) is 15.8. The molecule has 0 amide bonds. The molecule has 0 spiro atoms. The average Bonchev–Trinajstić information content (AvgIpc) is 3.26. The molecular weight excluding hydrogens is 773 g/mol. The van der Waals surface area contributed by atoms with E-state index in [1.165, 1.54) is 64.2 Å². The van der Waals surface area contributed by atoms with Crippen molar-refractivity contribution in [3.8, 4) is 0 Å². The molecule has 1 fully saturated rings. The summed E-state index contributed by atoms with van der Waals surface area (Å²) in [5.41, 5.74) is 0. The van der Waals surface area contributed by atoms with Crippen molar-refractivity contribution in [3.05, 3.63) is 85.1 Å². The summed E-state index contributed by atoms with van der Waals surface area (Å²) < 4.78 is 22.1. The van der Waals surface area contributed by atoms with Crippen LogP contribution in [0.15, 0.2) is 85.1 Å². The largest absolute Gasteiger partial charge is 0.462 e. The van der Waals surface area contributed by atoms with E-state index in [9.17, 15) is 30.0 Å². The van der Waals surface area contributed by atoms with Gasteiger partial charge in [-0.15, -0.1) is 0 Å². The average molecular weight is 857 g/mol. The maximum atomic E-state index is 12.8. The summed E-state index contributed by atoms with van der Waals surface area (Å²) in [6.45, 7) is 3.29. The van der Waals surface area contributed by atoms with Gasteiger partial charge in [-0.2, -0.15) is 0 Å². The molecule has 1 aliphatic rings. The van der Waals surface area contributed by atoms with Gasteiger partial charge in [-0.3, -0.25) is 9.59 Å². The Kier molecular flexibility index (Phi) is 37.5. The molecule has 1 heterocycles. The fourth-order valence-corrected chi connectivity index (χ4v) is 6.48. The number of hydrogen-bond acceptors (Lipinski definition) is 10. The first-order chi connectivity index (χ1) is 29.8. The lowest BCUT2D eigenvalue weighted by molar-refractivity contribution is -0.305. The smallest absolute Gasteiger partial charge is 0.306 e. The van der Waals surface area contributed by atoms with E-state index in [1.807, 2.05) is 0 Å². The Morgan fingerprint density at radius 1 is 0.508 bits per heavy atom. The summed E-state index contributed by atoms with van der Waals surface area (Å²) in [5, 5.41) is 40.1. The highest BCUT2D eigenvalue weighted by Crippen LogP contribution is 2.22. The topological polar surface area (TPSA) is 152 Å². The molecule has 0 bridgehead atoms. The standard InChI is InChI=1S/C51H84O10/c1-3-5-7-9-11-13-15-17-19-21-22-24-26-28-30-32-34-36-38-40-47(54)60-44(43-59-51-50(57)49(56)48(55)45(41-52)61-51)42-58-46(53)39-37-35-33-31-29-27-25-23-20-18-16-14-12-10-8-6-4-2/h11,13,17-20,22,24-25,27-28,30-31,33,44-45,48-52,55-57H,3-10,12,14-16,21,23,26,29,32,34-43H2,1-2H3/b13-11+,19-17+,20-18+,24-22+,27-25+,30-28+,33-31+/t44-,45-,48+,49?,50?,51-/m1/s1. The number of hydrogen-bond donors (Lipinski definition) is 4. The van der Waals surface area contributed by atoms with Crippen LogP contribution in [0.2, 0.25) is 0 Å². The molecule has 6 atom stereocenters. The Labute approximate surface area is 369 Å². The molecule has 0 aliphatic carbocycles. The molecule has 0 aromatic heterocycles. The van der Waals surface area contributed by atoms with Crippen LogP contribution in [0.3, 0.4) is 0 Å². The summed E-state index contributed by atoms with van der Waals surface area (Å²) in [4.78, 5) is 25.3. The van der Waals surface area contributed by atoms with E-state index in [4.69, 9.17) is 18.9 Å². The van der Waals surface area contributed by atoms with Gasteiger partial charge in [0.15, 0.2) is 12.4 Å². The van der Waals surface area contributed by atoms with Crippen molar-refractivity contribution >= 4 is 11.9 Å². The second kappa shape index (κ2) is 40.9. The number of rotatable bonds is 38. The summed E-state index contributed by atoms with van der Waals surface area (Å²) in [6.07, 6.45) is 45.9. The van der Waals surface area contributed by atoms with E-state index in [0.717, 1.165) is 64.2 Å². The Hall–Kier alpha value is -3.12. The molecular formula is C51H84O10. The first-order valence-electron chi connectivity index (χ1n) is 23.7. The van der Waals surface area contributed by atoms with Crippen LogP contribution in [0, 0.1) is 0 Å². The highest BCUT2D eigenvalue weighted by atomic mass is 16.7. The predicted octanol–water partition coefficient (Wildman–Crippen LogP) is 10.6. The lowest BCUT2D eigenvalue weighted by Crippen LogP contribution is -2.59. The van der Waals surface area contributed by atoms with Gasteiger partial charge in [-0.1, -0.05) is 150 Å². The third kappa shape index (κ3) is 32.3. The quantitative estimate of drug-likeness (QED) is 0.0268. The Morgan fingerprint density at radius 2 is 0.934 bits per heavy atom. The normalized spacial score (nSPS) is 20.5. The summed E-state index contributed by atoms with van der Waals surface area (Å²) in [5.74, 6) is -0.911. The van der Waals surface area contributed by atoms with Crippen molar-refractivity contribution in [1.82, 2.24) is 0 Å². The van der Waals surface area contributed by atoms with Crippen LogP contribution < -0.4 is 0 Å². The van der Waals surface area contributed by atoms with Crippen molar-refractivity contribution in [3.63, 3.8) is 0 Å². The van der Waals surface area contributed by atoms with Crippen molar-refractivity contribution < 1.29 is 49.0 Å². The van der Waals surface area contributed by atoms with Crippen molar-refractivity contribution in [2.75, 3.05) is 19.8 Å². The molecule has 0 saturated carbocycles. The van der Waals surface area contributed by atoms with Crippen LogP contribution in [0.25, 0.3) is 0 Å². The fraction of sp³-hybridized carbons (Fsp3) is 0.686. The van der Waals surface area contributed by atoms with Crippen LogP contribution in [-0.4, -0.2) is 89.0 Å². The molecule has 0 radical (unpaired) electrons. The molecule has 2 unspecified atom stereocenters. The number of aliphatic hydroxyl groups is 4. The van der Waals surface area contributed by atoms with Gasteiger partial charge in [0.25, 0.3) is 0 Å². The molecule has 1 saturated heterocycles. The molecule has 0 aromatic carbocycles. The minimum atomic E-state index is -1.61. The lowest BCUT2D eigenvalue weighted by atomic mass is 9.99. The first-order valence-corrected chi connectivity index (χ1v) is 23.7. The zero-order valence-corrected chi connectivity index (χ0v) is 37.9. The molecule has 10 heteroatoms. The highest BCUT2D eigenvalue weighted by molar-refractivity contribution is 5.70. The molecule has 4 N–H and O–H groups in total. The molecule has 0 aromatic rings. The maximum absolute atomic E-state index is 12.8. The predicted molar refractivity (Wildman–Crippen MR) is 247 cm³/mol. The zero-order chi connectivity index (χ0) is 44.4. The van der Waals surface area contributed by atoms with Gasteiger partial charge < -0.3 is 39.4 Å². The third-order valence-electron chi connectivity index (χ3n) is 10.3. The highest BCUT2D eigenvalue weighted by Gasteiger charge is 2.44. The summed E-state index contributed by atoms with van der Waals surface area (Å²) >= 11 is 0. The van der Waals surface area contributed by atoms with E-state index in [2.05, 4.69) is 98.9 Å². The van der Waals surface area contributed by atoms with Crippen LogP contribution in [0.4, 0.5) is 0 Å². The number of allylic oxidation sites excluding steroid dienone is 14. The zero-order valence-electron chi connectivity index (χ0n) is 37.9. The Balaban J connectivity index is 2.39. The molecule has 348 valence electrons. The van der Waals surface area contributed by atoms with Gasteiger partial charge in [0.2, 0.25) is 0 Å². The van der Waals surface area contributed by atoms with E-state index >= 15 is 0 Å². The third-order valence-corrected chi connectivity index (χ3v) is 10.3. The number of ether oxygens (including phenoxy) is 4. The lowest BCUT2D eigenvalue weighted by Gasteiger charge is -2.39. The second-order valence-electron chi connectivity index (χ2n) is 15.8. The molecule has 10 nitrogen and oxygen atoms in total. The van der Waals surface area contributed by atoms with Gasteiger partial charge >= 0.3 is 11.9 Å². The van der Waals surface area contributed by atoms with Gasteiger partial charge in [0.05, 0.1) is 13.2 Å². The van der Waals surface area contributed by atoms with E-state index in [1.54, 1.807) is 0 Å². The number of carbonyl (C=O) groups excluding carboxylic acids is 2. The maximum Gasteiger partial charge on any atom is 0.306 e. The van der Waals surface area contributed by atoms with Crippen LogP contribution in [0.5, 0.6) is 0 Å². The fourth-order valence-electron chi connectivity index (χ4n) is 6.48. The molecule has 1 rings (SSSR count). The number of carbonyl (C=O) groups is 2. The monoisotopic (exact) mass is 857 g/mol. The SMILES string of the molecule is CCCCC/C=C/C/C=C/C/C=C/C/C=C/CCCCCC(=O)O[C@H](COC(=O)CCC/C=C/C/C=C/C/C=C/CCCCCCCC)CO[C@@H]1O[C@H](CO)[C@H](O)C(O)C1O. The molecule has 61 heavy (non-hydrogen) atoms. The van der Waals surface area contributed by atoms with Crippen molar-refractivity contribution in [1.29, 1.82) is 0 Å². The van der Waals surface area contributed by atoms with Crippen LogP contribution in [0.1, 0.15) is 168 Å². The number of aliphatic hydroxyl groups excluding tert-OH is 4. The number of unbranched alkanes of at least 4 members (excludes halogenated alkanes) is 13. The van der Waals surface area contributed by atoms with E-state index in [-0.39, 0.29) is 26.1 Å².